The molecule has 0 fully saturated rings. The molecule has 0 aliphatic rings. The first-order valence-electron chi connectivity index (χ1n) is 5.99. The number of hydrogen-bond acceptors (Lipinski definition) is 3. The number of ether oxygens (including phenoxy) is 2. The summed E-state index contributed by atoms with van der Waals surface area (Å²) in [5, 5.41) is 0. The van der Waals surface area contributed by atoms with Crippen molar-refractivity contribution < 1.29 is 27.4 Å². The van der Waals surface area contributed by atoms with Gasteiger partial charge in [0.2, 0.25) is 0 Å². The predicted molar refractivity (Wildman–Crippen MR) is 69.3 cm³/mol. The highest BCUT2D eigenvalue weighted by Gasteiger charge is 2.32. The fraction of sp³-hybridized carbons (Fsp3) is 0.133. The van der Waals surface area contributed by atoms with E-state index in [1.807, 2.05) is 30.3 Å². The van der Waals surface area contributed by atoms with Gasteiger partial charge >= 0.3 is 6.36 Å². The quantitative estimate of drug-likeness (QED) is 0.783. The van der Waals surface area contributed by atoms with Gasteiger partial charge in [-0.2, -0.15) is 0 Å². The number of rotatable bonds is 5. The van der Waals surface area contributed by atoms with E-state index in [-0.39, 0.29) is 17.9 Å². The Labute approximate surface area is 118 Å². The molecule has 0 N–H and O–H groups in total. The molecule has 2 aromatic carbocycles. The van der Waals surface area contributed by atoms with Gasteiger partial charge in [-0.05, 0) is 17.7 Å². The lowest BCUT2D eigenvalue weighted by Gasteiger charge is -2.13. The van der Waals surface area contributed by atoms with E-state index in [1.165, 1.54) is 12.1 Å². The minimum atomic E-state index is -4.87. The van der Waals surface area contributed by atoms with Gasteiger partial charge < -0.3 is 9.47 Å². The van der Waals surface area contributed by atoms with Crippen molar-refractivity contribution in [2.75, 3.05) is 0 Å². The molecule has 0 aromatic heterocycles. The Morgan fingerprint density at radius 1 is 1.05 bits per heavy atom. The summed E-state index contributed by atoms with van der Waals surface area (Å²) < 4.78 is 46.0. The second kappa shape index (κ2) is 6.30. The summed E-state index contributed by atoms with van der Waals surface area (Å²) in [6, 6.07) is 12.8. The topological polar surface area (TPSA) is 35.5 Å². The second-order valence-corrected chi connectivity index (χ2v) is 4.14. The number of benzene rings is 2. The summed E-state index contributed by atoms with van der Waals surface area (Å²) in [6.07, 6.45) is -4.57. The van der Waals surface area contributed by atoms with E-state index in [9.17, 15) is 18.0 Å². The van der Waals surface area contributed by atoms with Crippen LogP contribution in [0, 0.1) is 0 Å². The minimum Gasteiger partial charge on any atom is -0.489 e. The van der Waals surface area contributed by atoms with Crippen LogP contribution in [-0.2, 0) is 6.61 Å². The number of alkyl halides is 3. The molecule has 0 aliphatic heterocycles. The lowest BCUT2D eigenvalue weighted by atomic mass is 10.2. The summed E-state index contributed by atoms with van der Waals surface area (Å²) in [6.45, 7) is 0.201. The molecule has 6 heteroatoms. The molecule has 0 radical (unpaired) electrons. The van der Waals surface area contributed by atoms with Crippen LogP contribution in [-0.4, -0.2) is 12.6 Å². The molecule has 0 aliphatic carbocycles. The maximum Gasteiger partial charge on any atom is 0.573 e. The van der Waals surface area contributed by atoms with E-state index in [1.54, 1.807) is 0 Å². The number of halogens is 3. The summed E-state index contributed by atoms with van der Waals surface area (Å²) in [7, 11) is 0. The van der Waals surface area contributed by atoms with Gasteiger partial charge in [0.15, 0.2) is 6.29 Å². The summed E-state index contributed by atoms with van der Waals surface area (Å²) in [4.78, 5) is 10.7. The molecule has 0 saturated heterocycles. The fourth-order valence-corrected chi connectivity index (χ4v) is 1.66. The smallest absolute Gasteiger partial charge is 0.489 e. The van der Waals surface area contributed by atoms with Gasteiger partial charge in [-0.1, -0.05) is 30.3 Å². The van der Waals surface area contributed by atoms with Crippen LogP contribution in [0.2, 0.25) is 0 Å². The van der Waals surface area contributed by atoms with Crippen LogP contribution in [0.4, 0.5) is 13.2 Å². The van der Waals surface area contributed by atoms with Gasteiger partial charge in [-0.25, -0.2) is 0 Å². The maximum atomic E-state index is 12.3. The second-order valence-electron chi connectivity index (χ2n) is 4.14. The van der Waals surface area contributed by atoms with Gasteiger partial charge in [-0.3, -0.25) is 4.79 Å². The molecule has 0 unspecified atom stereocenters. The third kappa shape index (κ3) is 4.52. The molecule has 21 heavy (non-hydrogen) atoms. The highest BCUT2D eigenvalue weighted by Crippen LogP contribution is 2.29. The molecule has 0 spiro atoms. The van der Waals surface area contributed by atoms with Crippen molar-refractivity contribution in [1.29, 1.82) is 0 Å². The molecule has 0 amide bonds. The normalized spacial score (nSPS) is 11.0. The molecule has 0 heterocycles. The maximum absolute atomic E-state index is 12.3. The van der Waals surface area contributed by atoms with E-state index < -0.39 is 12.1 Å². The molecule has 0 bridgehead atoms. The molecule has 2 aromatic rings. The van der Waals surface area contributed by atoms with Crippen LogP contribution >= 0.6 is 0 Å². The van der Waals surface area contributed by atoms with E-state index in [0.29, 0.717) is 6.29 Å². The van der Waals surface area contributed by atoms with E-state index >= 15 is 0 Å². The Balaban J connectivity index is 2.13. The van der Waals surface area contributed by atoms with Crippen LogP contribution in [0.15, 0.2) is 48.5 Å². The Kier molecular flexibility index (Phi) is 4.47. The Hall–Kier alpha value is -2.50. The van der Waals surface area contributed by atoms with E-state index in [0.717, 1.165) is 11.6 Å². The number of carbonyl (C=O) groups excluding carboxylic acids is 1. The fourth-order valence-electron chi connectivity index (χ4n) is 1.66. The zero-order valence-corrected chi connectivity index (χ0v) is 10.8. The van der Waals surface area contributed by atoms with Gasteiger partial charge in [0.25, 0.3) is 0 Å². The first kappa shape index (κ1) is 14.9. The molecule has 3 nitrogen and oxygen atoms in total. The molecule has 0 atom stereocenters. The standard InChI is InChI=1S/C15H11F3O3/c16-15(17,18)21-14-8-13(7-6-12(14)9-19)20-10-11-4-2-1-3-5-11/h1-9H,10H2. The van der Waals surface area contributed by atoms with E-state index in [2.05, 4.69) is 4.74 Å². The lowest BCUT2D eigenvalue weighted by Crippen LogP contribution is -2.18. The van der Waals surface area contributed by atoms with Crippen LogP contribution in [0.5, 0.6) is 11.5 Å². The van der Waals surface area contributed by atoms with Crippen molar-refractivity contribution in [2.24, 2.45) is 0 Å². The molecule has 2 rings (SSSR count). The summed E-state index contributed by atoms with van der Waals surface area (Å²) in [5.41, 5.74) is 0.676. The van der Waals surface area contributed by atoms with Gasteiger partial charge in [0, 0.05) is 6.07 Å². The van der Waals surface area contributed by atoms with Crippen molar-refractivity contribution in [3.63, 3.8) is 0 Å². The third-order valence-electron chi connectivity index (χ3n) is 2.59. The molecule has 0 saturated carbocycles. The minimum absolute atomic E-state index is 0.184. The molecule has 110 valence electrons. The number of carbonyl (C=O) groups is 1. The highest BCUT2D eigenvalue weighted by molar-refractivity contribution is 5.79. The van der Waals surface area contributed by atoms with Crippen LogP contribution in [0.25, 0.3) is 0 Å². The van der Waals surface area contributed by atoms with Gasteiger partial charge in [-0.15, -0.1) is 13.2 Å². The Morgan fingerprint density at radius 3 is 2.38 bits per heavy atom. The third-order valence-corrected chi connectivity index (χ3v) is 2.59. The van der Waals surface area contributed by atoms with Crippen molar-refractivity contribution in [3.8, 4) is 11.5 Å². The van der Waals surface area contributed by atoms with Gasteiger partial charge in [0.05, 0.1) is 5.56 Å². The number of hydrogen-bond donors (Lipinski definition) is 0. The van der Waals surface area contributed by atoms with E-state index in [4.69, 9.17) is 4.74 Å². The SMILES string of the molecule is O=Cc1ccc(OCc2ccccc2)cc1OC(F)(F)F. The first-order valence-corrected chi connectivity index (χ1v) is 5.99. The average molecular weight is 296 g/mol. The monoisotopic (exact) mass is 296 g/mol. The van der Waals surface area contributed by atoms with Crippen LogP contribution in [0.1, 0.15) is 15.9 Å². The predicted octanol–water partition coefficient (Wildman–Crippen LogP) is 3.98. The number of aldehydes is 1. The van der Waals surface area contributed by atoms with Crippen molar-refractivity contribution in [2.45, 2.75) is 13.0 Å². The zero-order chi connectivity index (χ0) is 15.3. The summed E-state index contributed by atoms with van der Waals surface area (Å²) >= 11 is 0. The largest absolute Gasteiger partial charge is 0.573 e. The summed E-state index contributed by atoms with van der Waals surface area (Å²) in [5.74, 6) is -0.397. The molecular formula is C15H11F3O3. The van der Waals surface area contributed by atoms with Crippen molar-refractivity contribution in [3.05, 3.63) is 59.7 Å². The Morgan fingerprint density at radius 2 is 1.76 bits per heavy atom. The van der Waals surface area contributed by atoms with Crippen molar-refractivity contribution >= 4 is 6.29 Å². The van der Waals surface area contributed by atoms with Crippen LogP contribution in [0.3, 0.4) is 0 Å². The average Bonchev–Trinajstić information content (AvgIpc) is 2.45. The first-order chi connectivity index (χ1) is 9.98. The van der Waals surface area contributed by atoms with Gasteiger partial charge in [0.1, 0.15) is 18.1 Å². The zero-order valence-electron chi connectivity index (χ0n) is 10.8. The molecular weight excluding hydrogens is 285 g/mol. The van der Waals surface area contributed by atoms with Crippen LogP contribution < -0.4 is 9.47 Å². The highest BCUT2D eigenvalue weighted by atomic mass is 19.4. The van der Waals surface area contributed by atoms with Crippen molar-refractivity contribution in [1.82, 2.24) is 0 Å². The lowest BCUT2D eigenvalue weighted by molar-refractivity contribution is -0.274. The Bertz CT molecular complexity index is 609.